The zero-order chi connectivity index (χ0) is 18.7. The third-order valence-corrected chi connectivity index (χ3v) is 3.68. The van der Waals surface area contributed by atoms with Crippen molar-refractivity contribution in [2.45, 2.75) is 13.8 Å². The van der Waals surface area contributed by atoms with Crippen LogP contribution in [0.3, 0.4) is 0 Å². The van der Waals surface area contributed by atoms with Crippen LogP contribution in [0.15, 0.2) is 48.5 Å². The van der Waals surface area contributed by atoms with Crippen molar-refractivity contribution in [3.8, 4) is 0 Å². The molecule has 0 atom stereocenters. The Morgan fingerprint density at radius 1 is 0.962 bits per heavy atom. The summed E-state index contributed by atoms with van der Waals surface area (Å²) in [5.74, 6) is -0.00965. The second kappa shape index (κ2) is 7.06. The van der Waals surface area contributed by atoms with Gasteiger partial charge in [0, 0.05) is 11.4 Å². The first-order valence-corrected chi connectivity index (χ1v) is 7.91. The van der Waals surface area contributed by atoms with Crippen LogP contribution >= 0.6 is 0 Å². The van der Waals surface area contributed by atoms with Crippen LogP contribution in [0.2, 0.25) is 0 Å². The number of aromatic nitrogens is 2. The molecule has 0 spiro atoms. The predicted molar refractivity (Wildman–Crippen MR) is 102 cm³/mol. The first-order chi connectivity index (χ1) is 12.4. The number of benzene rings is 2. The molecular formula is C18H18N6O2. The first-order valence-electron chi connectivity index (χ1n) is 7.91. The molecule has 0 amide bonds. The first kappa shape index (κ1) is 17.2. The molecule has 4 N–H and O–H groups in total. The summed E-state index contributed by atoms with van der Waals surface area (Å²) in [6, 6.07) is 15.0. The fraction of sp³-hybridized carbons (Fsp3) is 0.111. The number of nitrogens with two attached hydrogens (primary N) is 1. The Bertz CT molecular complexity index is 956. The maximum absolute atomic E-state index is 11.4. The number of hydrogen-bond donors (Lipinski definition) is 3. The van der Waals surface area contributed by atoms with Gasteiger partial charge in [-0.1, -0.05) is 29.8 Å². The Morgan fingerprint density at radius 3 is 2.35 bits per heavy atom. The van der Waals surface area contributed by atoms with Crippen LogP contribution in [-0.2, 0) is 0 Å². The van der Waals surface area contributed by atoms with E-state index in [-0.39, 0.29) is 23.3 Å². The van der Waals surface area contributed by atoms with Crippen LogP contribution in [0.4, 0.5) is 34.6 Å². The van der Waals surface area contributed by atoms with Gasteiger partial charge in [-0.25, -0.2) is 0 Å². The largest absolute Gasteiger partial charge is 0.378 e. The molecule has 0 fully saturated rings. The maximum atomic E-state index is 11.4. The third kappa shape index (κ3) is 3.86. The number of aryl methyl sites for hydroxylation is 2. The number of anilines is 5. The van der Waals surface area contributed by atoms with E-state index in [1.807, 2.05) is 62.4 Å². The van der Waals surface area contributed by atoms with Gasteiger partial charge in [0.25, 0.3) is 0 Å². The minimum absolute atomic E-state index is 0.0292. The average molecular weight is 350 g/mol. The van der Waals surface area contributed by atoms with Crippen molar-refractivity contribution in [2.75, 3.05) is 16.4 Å². The Kier molecular flexibility index (Phi) is 4.66. The van der Waals surface area contributed by atoms with Crippen molar-refractivity contribution in [3.63, 3.8) is 0 Å². The molecule has 132 valence electrons. The van der Waals surface area contributed by atoms with Gasteiger partial charge in [-0.3, -0.25) is 10.1 Å². The lowest BCUT2D eigenvalue weighted by Crippen LogP contribution is -2.08. The van der Waals surface area contributed by atoms with Crippen LogP contribution in [0.5, 0.6) is 0 Å². The predicted octanol–water partition coefficient (Wildman–Crippen LogP) is 4.07. The van der Waals surface area contributed by atoms with Crippen LogP contribution in [-0.4, -0.2) is 14.9 Å². The van der Waals surface area contributed by atoms with E-state index in [1.165, 1.54) is 0 Å². The van der Waals surface area contributed by atoms with Crippen molar-refractivity contribution in [1.29, 1.82) is 0 Å². The van der Waals surface area contributed by atoms with Crippen LogP contribution < -0.4 is 16.4 Å². The minimum Gasteiger partial charge on any atom is -0.378 e. The number of nitrogens with one attached hydrogen (secondary N) is 2. The highest BCUT2D eigenvalue weighted by molar-refractivity contribution is 5.75. The van der Waals surface area contributed by atoms with E-state index in [0.29, 0.717) is 5.69 Å². The van der Waals surface area contributed by atoms with E-state index < -0.39 is 4.92 Å². The van der Waals surface area contributed by atoms with Gasteiger partial charge in [0.2, 0.25) is 17.6 Å². The summed E-state index contributed by atoms with van der Waals surface area (Å²) in [5, 5.41) is 17.4. The molecule has 1 aromatic heterocycles. The van der Waals surface area contributed by atoms with E-state index in [2.05, 4.69) is 20.6 Å². The lowest BCUT2D eigenvalue weighted by Gasteiger charge is -2.11. The van der Waals surface area contributed by atoms with E-state index in [4.69, 9.17) is 5.73 Å². The monoisotopic (exact) mass is 350 g/mol. The number of nitrogens with zero attached hydrogens (tertiary/aromatic N) is 3. The second-order valence-electron chi connectivity index (χ2n) is 5.87. The molecule has 0 radical (unpaired) electrons. The number of nitro groups is 1. The molecular weight excluding hydrogens is 332 g/mol. The number of hydrogen-bond acceptors (Lipinski definition) is 7. The molecule has 3 rings (SSSR count). The topological polar surface area (TPSA) is 119 Å². The van der Waals surface area contributed by atoms with Gasteiger partial charge < -0.3 is 16.4 Å². The lowest BCUT2D eigenvalue weighted by molar-refractivity contribution is -0.383. The zero-order valence-electron chi connectivity index (χ0n) is 14.4. The Balaban J connectivity index is 1.98. The van der Waals surface area contributed by atoms with Gasteiger partial charge in [0.05, 0.1) is 4.92 Å². The standard InChI is InChI=1S/C18H18N6O2/c1-11-6-8-13(9-7-11)20-17-15(24(25)26)16(19)22-18(23-17)21-14-5-3-4-12(2)10-14/h3-10H,1-2H3,(H4,19,20,21,22,23). The van der Waals surface area contributed by atoms with Crippen LogP contribution in [0.25, 0.3) is 0 Å². The van der Waals surface area contributed by atoms with Crippen LogP contribution in [0, 0.1) is 24.0 Å². The fourth-order valence-corrected chi connectivity index (χ4v) is 2.42. The number of rotatable bonds is 5. The van der Waals surface area contributed by atoms with Gasteiger partial charge in [-0.2, -0.15) is 9.97 Å². The summed E-state index contributed by atoms with van der Waals surface area (Å²) in [6.45, 7) is 3.92. The zero-order valence-corrected chi connectivity index (χ0v) is 14.4. The molecule has 8 heteroatoms. The van der Waals surface area contributed by atoms with Gasteiger partial charge in [-0.05, 0) is 43.7 Å². The molecule has 26 heavy (non-hydrogen) atoms. The van der Waals surface area contributed by atoms with E-state index in [9.17, 15) is 10.1 Å². The summed E-state index contributed by atoms with van der Waals surface area (Å²) in [4.78, 5) is 19.0. The van der Waals surface area contributed by atoms with Gasteiger partial charge >= 0.3 is 5.69 Å². The van der Waals surface area contributed by atoms with Crippen molar-refractivity contribution >= 4 is 34.6 Å². The van der Waals surface area contributed by atoms with Gasteiger partial charge in [0.1, 0.15) is 0 Å². The van der Waals surface area contributed by atoms with E-state index >= 15 is 0 Å². The van der Waals surface area contributed by atoms with Gasteiger partial charge in [0.15, 0.2) is 0 Å². The van der Waals surface area contributed by atoms with Crippen molar-refractivity contribution < 1.29 is 4.92 Å². The van der Waals surface area contributed by atoms with Crippen LogP contribution in [0.1, 0.15) is 11.1 Å². The molecule has 0 unspecified atom stereocenters. The second-order valence-corrected chi connectivity index (χ2v) is 5.87. The molecule has 2 aromatic carbocycles. The van der Waals surface area contributed by atoms with E-state index in [1.54, 1.807) is 0 Å². The SMILES string of the molecule is Cc1ccc(Nc2nc(Nc3cccc(C)c3)nc(N)c2[N+](=O)[O-])cc1. The molecule has 0 bridgehead atoms. The average Bonchev–Trinajstić information content (AvgIpc) is 2.56. The normalized spacial score (nSPS) is 10.4. The summed E-state index contributed by atoms with van der Waals surface area (Å²) >= 11 is 0. The highest BCUT2D eigenvalue weighted by atomic mass is 16.6. The molecule has 0 aliphatic heterocycles. The van der Waals surface area contributed by atoms with Crippen molar-refractivity contribution in [2.24, 2.45) is 0 Å². The molecule has 3 aromatic rings. The highest BCUT2D eigenvalue weighted by Gasteiger charge is 2.23. The van der Waals surface area contributed by atoms with Gasteiger partial charge in [-0.15, -0.1) is 0 Å². The highest BCUT2D eigenvalue weighted by Crippen LogP contribution is 2.32. The molecule has 0 saturated heterocycles. The lowest BCUT2D eigenvalue weighted by atomic mass is 10.2. The maximum Gasteiger partial charge on any atom is 0.353 e. The Morgan fingerprint density at radius 2 is 1.69 bits per heavy atom. The van der Waals surface area contributed by atoms with E-state index in [0.717, 1.165) is 16.8 Å². The molecule has 0 saturated carbocycles. The summed E-state index contributed by atoms with van der Waals surface area (Å²) in [6.07, 6.45) is 0. The van der Waals surface area contributed by atoms with Crippen molar-refractivity contribution in [1.82, 2.24) is 9.97 Å². The summed E-state index contributed by atoms with van der Waals surface area (Å²) < 4.78 is 0. The minimum atomic E-state index is -0.595. The Hall–Kier alpha value is -3.68. The molecule has 0 aliphatic carbocycles. The summed E-state index contributed by atoms with van der Waals surface area (Å²) in [5.41, 5.74) is 9.02. The smallest absolute Gasteiger partial charge is 0.353 e. The quantitative estimate of drug-likeness (QED) is 0.468. The number of nitrogen functional groups attached to an aromatic ring is 1. The Labute approximate surface area is 150 Å². The van der Waals surface area contributed by atoms with Crippen molar-refractivity contribution in [3.05, 3.63) is 69.8 Å². The third-order valence-electron chi connectivity index (χ3n) is 3.68. The molecule has 8 nitrogen and oxygen atoms in total. The molecule has 1 heterocycles. The molecule has 0 aliphatic rings. The summed E-state index contributed by atoms with van der Waals surface area (Å²) in [7, 11) is 0. The fourth-order valence-electron chi connectivity index (χ4n) is 2.42.